The lowest BCUT2D eigenvalue weighted by Crippen LogP contribution is -2.39. The lowest BCUT2D eigenvalue weighted by Gasteiger charge is -2.33. The van der Waals surface area contributed by atoms with E-state index in [0.29, 0.717) is 18.2 Å². The van der Waals surface area contributed by atoms with Crippen LogP contribution < -0.4 is 5.32 Å². The van der Waals surface area contributed by atoms with E-state index >= 15 is 0 Å². The van der Waals surface area contributed by atoms with E-state index in [1.54, 1.807) is 12.1 Å². The molecule has 1 aromatic rings. The molecule has 0 aliphatic carbocycles. The van der Waals surface area contributed by atoms with Crippen molar-refractivity contribution in [3.8, 4) is 0 Å². The van der Waals surface area contributed by atoms with Crippen LogP contribution in [-0.2, 0) is 9.84 Å². The fourth-order valence-electron chi connectivity index (χ4n) is 3.15. The molecule has 1 aliphatic rings. The molecule has 1 atom stereocenters. The first-order valence-corrected chi connectivity index (χ1v) is 10.5. The van der Waals surface area contributed by atoms with Crippen molar-refractivity contribution in [2.75, 3.05) is 25.9 Å². The molecule has 0 bridgehead atoms. The molecular weight excluding hydrogens is 324 g/mol. The third kappa shape index (κ3) is 5.05. The molecule has 1 aliphatic heterocycles. The summed E-state index contributed by atoms with van der Waals surface area (Å²) in [6, 6.07) is 5.32. The van der Waals surface area contributed by atoms with Crippen molar-refractivity contribution in [1.82, 2.24) is 10.2 Å². The summed E-state index contributed by atoms with van der Waals surface area (Å²) in [6.45, 7) is 6.81. The van der Waals surface area contributed by atoms with Gasteiger partial charge in [-0.15, -0.1) is 0 Å². The maximum absolute atomic E-state index is 12.3. The Bertz CT molecular complexity index is 686. The zero-order valence-electron chi connectivity index (χ0n) is 14.8. The van der Waals surface area contributed by atoms with Crippen molar-refractivity contribution >= 4 is 15.7 Å². The van der Waals surface area contributed by atoms with Gasteiger partial charge in [-0.05, 0) is 57.4 Å². The molecule has 0 unspecified atom stereocenters. The van der Waals surface area contributed by atoms with E-state index in [4.69, 9.17) is 0 Å². The molecule has 1 aromatic carbocycles. The maximum Gasteiger partial charge on any atom is 0.251 e. The van der Waals surface area contributed by atoms with Crippen LogP contribution >= 0.6 is 0 Å². The third-order valence-corrected chi connectivity index (χ3v) is 5.84. The summed E-state index contributed by atoms with van der Waals surface area (Å²) in [5, 5.41) is 2.91. The van der Waals surface area contributed by atoms with Crippen molar-refractivity contribution in [1.29, 1.82) is 0 Å². The number of piperidine rings is 1. The molecular formula is C18H28N2O3S. The summed E-state index contributed by atoms with van der Waals surface area (Å²) in [7, 11) is -3.31. The predicted octanol–water partition coefficient (Wildman–Crippen LogP) is 2.39. The topological polar surface area (TPSA) is 66.5 Å². The molecule has 1 heterocycles. The second-order valence-electron chi connectivity index (χ2n) is 6.74. The molecule has 0 saturated carbocycles. The molecule has 1 amide bonds. The SMILES string of the molecule is Cc1ccc(S(C)(=O)=O)cc1C(=O)NCCCN1CCCC[C@@H]1C. The quantitative estimate of drug-likeness (QED) is 0.799. The van der Waals surface area contributed by atoms with Gasteiger partial charge >= 0.3 is 0 Å². The van der Waals surface area contributed by atoms with Crippen molar-refractivity contribution in [2.24, 2.45) is 0 Å². The minimum Gasteiger partial charge on any atom is -0.352 e. The lowest BCUT2D eigenvalue weighted by atomic mass is 10.0. The molecule has 0 radical (unpaired) electrons. The fraction of sp³-hybridized carbons (Fsp3) is 0.611. The first-order chi connectivity index (χ1) is 11.3. The number of hydrogen-bond donors (Lipinski definition) is 1. The third-order valence-electron chi connectivity index (χ3n) is 4.73. The molecule has 0 spiro atoms. The molecule has 0 aromatic heterocycles. The van der Waals surface area contributed by atoms with E-state index in [-0.39, 0.29) is 10.8 Å². The van der Waals surface area contributed by atoms with Gasteiger partial charge in [0.25, 0.3) is 5.91 Å². The van der Waals surface area contributed by atoms with Crippen molar-refractivity contribution in [3.63, 3.8) is 0 Å². The summed E-state index contributed by atoms with van der Waals surface area (Å²) in [5.41, 5.74) is 1.22. The highest BCUT2D eigenvalue weighted by Crippen LogP contribution is 2.17. The number of nitrogens with one attached hydrogen (secondary N) is 1. The van der Waals surface area contributed by atoms with Gasteiger partial charge in [0.05, 0.1) is 4.90 Å². The molecule has 2 rings (SSSR count). The van der Waals surface area contributed by atoms with Crippen molar-refractivity contribution < 1.29 is 13.2 Å². The highest BCUT2D eigenvalue weighted by molar-refractivity contribution is 7.90. The zero-order chi connectivity index (χ0) is 17.7. The van der Waals surface area contributed by atoms with Gasteiger partial charge in [-0.3, -0.25) is 4.79 Å². The number of hydrogen-bond acceptors (Lipinski definition) is 4. The van der Waals surface area contributed by atoms with Crippen LogP contribution in [-0.4, -0.2) is 51.2 Å². The van der Waals surface area contributed by atoms with Crippen LogP contribution in [0.2, 0.25) is 0 Å². The molecule has 1 fully saturated rings. The summed E-state index contributed by atoms with van der Waals surface area (Å²) >= 11 is 0. The lowest BCUT2D eigenvalue weighted by molar-refractivity contribution is 0.0948. The maximum atomic E-state index is 12.3. The highest BCUT2D eigenvalue weighted by atomic mass is 32.2. The van der Waals surface area contributed by atoms with E-state index in [9.17, 15) is 13.2 Å². The van der Waals surface area contributed by atoms with Crippen LogP contribution in [0.1, 0.15) is 48.5 Å². The second kappa shape index (κ2) is 8.12. The van der Waals surface area contributed by atoms with Gasteiger partial charge in [-0.2, -0.15) is 0 Å². The molecule has 5 nitrogen and oxygen atoms in total. The van der Waals surface area contributed by atoms with Gasteiger partial charge in [0.2, 0.25) is 0 Å². The molecule has 6 heteroatoms. The van der Waals surface area contributed by atoms with Crippen LogP contribution in [0.3, 0.4) is 0 Å². The zero-order valence-corrected chi connectivity index (χ0v) is 15.7. The Kier molecular flexibility index (Phi) is 6.40. The van der Waals surface area contributed by atoms with Crippen LogP contribution in [0.25, 0.3) is 0 Å². The Morgan fingerprint density at radius 1 is 1.33 bits per heavy atom. The number of sulfone groups is 1. The van der Waals surface area contributed by atoms with Gasteiger partial charge in [-0.1, -0.05) is 12.5 Å². The average molecular weight is 353 g/mol. The van der Waals surface area contributed by atoms with Crippen LogP contribution in [0.15, 0.2) is 23.1 Å². The van der Waals surface area contributed by atoms with Crippen LogP contribution in [0.4, 0.5) is 0 Å². The first-order valence-electron chi connectivity index (χ1n) is 8.62. The molecule has 1 N–H and O–H groups in total. The van der Waals surface area contributed by atoms with Gasteiger partial charge in [0, 0.05) is 31.0 Å². The van der Waals surface area contributed by atoms with Crippen LogP contribution in [0.5, 0.6) is 0 Å². The summed E-state index contributed by atoms with van der Waals surface area (Å²) < 4.78 is 23.3. The van der Waals surface area contributed by atoms with E-state index < -0.39 is 9.84 Å². The summed E-state index contributed by atoms with van der Waals surface area (Å²) in [6.07, 6.45) is 5.88. The normalized spacial score (nSPS) is 19.2. The van der Waals surface area contributed by atoms with Gasteiger partial charge in [-0.25, -0.2) is 8.42 Å². The Morgan fingerprint density at radius 2 is 2.08 bits per heavy atom. The Balaban J connectivity index is 1.88. The number of nitrogens with zero attached hydrogens (tertiary/aromatic N) is 1. The largest absolute Gasteiger partial charge is 0.352 e. The van der Waals surface area contributed by atoms with Crippen molar-refractivity contribution in [2.45, 2.75) is 50.5 Å². The minimum absolute atomic E-state index is 0.181. The average Bonchev–Trinajstić information content (AvgIpc) is 2.52. The molecule has 134 valence electrons. The summed E-state index contributed by atoms with van der Waals surface area (Å²) in [5.74, 6) is -0.204. The van der Waals surface area contributed by atoms with E-state index in [0.717, 1.165) is 31.3 Å². The second-order valence-corrected chi connectivity index (χ2v) is 8.75. The number of carbonyl (C=O) groups is 1. The van der Waals surface area contributed by atoms with Gasteiger partial charge in [0.15, 0.2) is 9.84 Å². The van der Waals surface area contributed by atoms with Crippen LogP contribution in [0, 0.1) is 6.92 Å². The van der Waals surface area contributed by atoms with Gasteiger partial charge in [0.1, 0.15) is 0 Å². The Morgan fingerprint density at radius 3 is 2.75 bits per heavy atom. The summed E-state index contributed by atoms with van der Waals surface area (Å²) in [4.78, 5) is 15.0. The monoisotopic (exact) mass is 352 g/mol. The highest BCUT2D eigenvalue weighted by Gasteiger charge is 2.18. The van der Waals surface area contributed by atoms with E-state index in [1.807, 2.05) is 6.92 Å². The van der Waals surface area contributed by atoms with E-state index in [1.165, 1.54) is 25.3 Å². The number of aryl methyl sites for hydroxylation is 1. The Labute approximate surface area is 145 Å². The van der Waals surface area contributed by atoms with Gasteiger partial charge < -0.3 is 10.2 Å². The minimum atomic E-state index is -3.31. The molecule has 1 saturated heterocycles. The van der Waals surface area contributed by atoms with Crippen molar-refractivity contribution in [3.05, 3.63) is 29.3 Å². The predicted molar refractivity (Wildman–Crippen MR) is 96.1 cm³/mol. The number of amides is 1. The number of likely N-dealkylation sites (tertiary alicyclic amines) is 1. The fourth-order valence-corrected chi connectivity index (χ4v) is 3.79. The number of rotatable bonds is 6. The molecule has 24 heavy (non-hydrogen) atoms. The smallest absolute Gasteiger partial charge is 0.251 e. The first kappa shape index (κ1) is 18.9. The Hall–Kier alpha value is -1.40. The van der Waals surface area contributed by atoms with E-state index in [2.05, 4.69) is 17.1 Å². The number of carbonyl (C=O) groups excluding carboxylic acids is 1. The standard InChI is InChI=1S/C18H28N2O3S/c1-14-8-9-16(24(3,22)23)13-17(14)18(21)19-10-6-12-20-11-5-4-7-15(20)2/h8-9,13,15H,4-7,10-12H2,1-3H3,(H,19,21)/t15-/m0/s1. The number of benzene rings is 1.